The number of benzene rings is 2. The van der Waals surface area contributed by atoms with Gasteiger partial charge in [-0.1, -0.05) is 38.1 Å². The molecule has 11 heteroatoms. The highest BCUT2D eigenvalue weighted by atomic mass is 32.2. The lowest BCUT2D eigenvalue weighted by Gasteiger charge is -2.46. The fourth-order valence-corrected chi connectivity index (χ4v) is 6.75. The van der Waals surface area contributed by atoms with Crippen molar-refractivity contribution in [3.8, 4) is 17.1 Å². The lowest BCUT2D eigenvalue weighted by molar-refractivity contribution is 0.0146. The molecule has 1 unspecified atom stereocenters. The van der Waals surface area contributed by atoms with E-state index in [1.165, 1.54) is 7.11 Å². The Morgan fingerprint density at radius 2 is 1.86 bits per heavy atom. The summed E-state index contributed by atoms with van der Waals surface area (Å²) in [4.78, 5) is 37.5. The third kappa shape index (κ3) is 6.98. The Kier molecular flexibility index (Phi) is 9.29. The van der Waals surface area contributed by atoms with Gasteiger partial charge in [0.05, 0.1) is 23.7 Å². The molecule has 0 radical (unpaired) electrons. The number of hydrogen-bond donors (Lipinski definition) is 2. The molecule has 5 rings (SSSR count). The molecule has 1 aliphatic heterocycles. The number of anilines is 1. The molecule has 3 aromatic rings. The van der Waals surface area contributed by atoms with E-state index in [1.54, 1.807) is 30.3 Å². The van der Waals surface area contributed by atoms with E-state index >= 15 is 0 Å². The van der Waals surface area contributed by atoms with Crippen molar-refractivity contribution >= 4 is 28.9 Å². The van der Waals surface area contributed by atoms with Crippen molar-refractivity contribution in [2.45, 2.75) is 63.9 Å². The Labute approximate surface area is 255 Å². The molecule has 1 aliphatic carbocycles. The number of methoxy groups -OCH3 is 1. The largest absolute Gasteiger partial charge is 0.475 e. The van der Waals surface area contributed by atoms with Gasteiger partial charge < -0.3 is 19.7 Å². The topological polar surface area (TPSA) is 123 Å². The monoisotopic (exact) mass is 605 g/mol. The molecule has 0 spiro atoms. The fourth-order valence-electron chi connectivity index (χ4n) is 5.94. The van der Waals surface area contributed by atoms with Crippen LogP contribution in [0.5, 0.6) is 5.88 Å². The van der Waals surface area contributed by atoms with E-state index in [1.807, 2.05) is 36.9 Å². The highest BCUT2D eigenvalue weighted by molar-refractivity contribution is 7.86. The van der Waals surface area contributed by atoms with Crippen molar-refractivity contribution in [3.63, 3.8) is 0 Å². The number of alkyl carbamates (subject to hydrolysis) is 1. The van der Waals surface area contributed by atoms with Crippen LogP contribution in [0.2, 0.25) is 0 Å². The number of carbonyl (C=O) groups excluding carboxylic acids is 2. The molecule has 2 heterocycles. The number of carbonyl (C=O) groups is 2. The van der Waals surface area contributed by atoms with Crippen molar-refractivity contribution in [3.05, 3.63) is 65.2 Å². The summed E-state index contributed by atoms with van der Waals surface area (Å²) < 4.78 is 27.5. The zero-order chi connectivity index (χ0) is 30.7. The molecule has 2 aliphatic rings. The average molecular weight is 606 g/mol. The summed E-state index contributed by atoms with van der Waals surface area (Å²) >= 11 is 0. The Balaban J connectivity index is 1.53. The maximum Gasteiger partial charge on any atom is 0.406 e. The Bertz CT molecular complexity index is 1500. The molecule has 4 bridgehead atoms. The van der Waals surface area contributed by atoms with E-state index in [4.69, 9.17) is 14.5 Å². The molecule has 2 aromatic carbocycles. The molecular weight excluding hydrogens is 566 g/mol. The zero-order valence-corrected chi connectivity index (χ0v) is 26.1. The van der Waals surface area contributed by atoms with E-state index in [9.17, 15) is 13.8 Å². The molecule has 1 aromatic heterocycles. The number of nitrogens with zero attached hydrogens (tertiary/aromatic N) is 3. The van der Waals surface area contributed by atoms with Gasteiger partial charge >= 0.3 is 6.09 Å². The van der Waals surface area contributed by atoms with Gasteiger partial charge in [-0.25, -0.2) is 14.0 Å². The minimum absolute atomic E-state index is 0.0344. The van der Waals surface area contributed by atoms with E-state index in [-0.39, 0.29) is 36.5 Å². The van der Waals surface area contributed by atoms with Gasteiger partial charge in [-0.15, -0.1) is 0 Å². The molecular formula is C32H39N5O5S. The van der Waals surface area contributed by atoms with E-state index in [0.29, 0.717) is 34.5 Å². The van der Waals surface area contributed by atoms with Gasteiger partial charge in [-0.05, 0) is 74.3 Å². The average Bonchev–Trinajstić information content (AvgIpc) is 2.95. The van der Waals surface area contributed by atoms with E-state index < -0.39 is 17.1 Å². The first-order chi connectivity index (χ1) is 20.6. The maximum absolute atomic E-state index is 14.2. The summed E-state index contributed by atoms with van der Waals surface area (Å²) in [6, 6.07) is 14.5. The van der Waals surface area contributed by atoms with Crippen LogP contribution < -0.4 is 14.8 Å². The Morgan fingerprint density at radius 3 is 2.56 bits per heavy atom. The lowest BCUT2D eigenvalue weighted by atomic mass is 9.78. The van der Waals surface area contributed by atoms with Crippen molar-refractivity contribution in [2.24, 2.45) is 11.8 Å². The third-order valence-corrected chi connectivity index (χ3v) is 9.09. The van der Waals surface area contributed by atoms with Crippen molar-refractivity contribution in [2.75, 3.05) is 25.0 Å². The first-order valence-corrected chi connectivity index (χ1v) is 15.8. The number of hydrogen-bond acceptors (Lipinski definition) is 7. The Hall–Kier alpha value is -3.99. The van der Waals surface area contributed by atoms with Crippen LogP contribution in [0.4, 0.5) is 10.7 Å². The minimum Gasteiger partial charge on any atom is -0.475 e. The molecule has 1 saturated carbocycles. The van der Waals surface area contributed by atoms with Crippen molar-refractivity contribution in [1.82, 2.24) is 20.2 Å². The zero-order valence-electron chi connectivity index (χ0n) is 25.3. The lowest BCUT2D eigenvalue weighted by Crippen LogP contribution is -2.56. The summed E-state index contributed by atoms with van der Waals surface area (Å²) in [7, 11) is -0.381. The van der Waals surface area contributed by atoms with Gasteiger partial charge in [0.1, 0.15) is 6.61 Å². The van der Waals surface area contributed by atoms with Crippen LogP contribution in [-0.4, -0.2) is 63.4 Å². The number of ether oxygens (including phenoxy) is 2. The molecule has 2 amide bonds. The number of amides is 2. The summed E-state index contributed by atoms with van der Waals surface area (Å²) in [5, 5.41) is 2.77. The van der Waals surface area contributed by atoms with Crippen LogP contribution in [0.3, 0.4) is 0 Å². The second-order valence-corrected chi connectivity index (χ2v) is 13.0. The summed E-state index contributed by atoms with van der Waals surface area (Å²) in [5.74, 6) is 0.915. The van der Waals surface area contributed by atoms with Crippen LogP contribution in [0.15, 0.2) is 53.4 Å². The van der Waals surface area contributed by atoms with Gasteiger partial charge in [0.25, 0.3) is 5.91 Å². The SMILES string of the molecule is COC(=O)NCC1CC(N2C(=O)c3cccc(c3)S(=O)Nc3nc(cc(-c4c(C)cccc4C)n3)OC[C@H]2CC(C)C)C1. The highest BCUT2D eigenvalue weighted by Gasteiger charge is 2.40. The Morgan fingerprint density at radius 1 is 1.14 bits per heavy atom. The normalized spacial score (nSPS) is 21.8. The predicted molar refractivity (Wildman–Crippen MR) is 165 cm³/mol. The molecule has 43 heavy (non-hydrogen) atoms. The van der Waals surface area contributed by atoms with Crippen LogP contribution in [0.25, 0.3) is 11.3 Å². The molecule has 1 fully saturated rings. The quantitative estimate of drug-likeness (QED) is 0.392. The first-order valence-electron chi connectivity index (χ1n) is 14.6. The second kappa shape index (κ2) is 13.1. The smallest absolute Gasteiger partial charge is 0.406 e. The number of rotatable bonds is 6. The maximum atomic E-state index is 14.2. The molecule has 2 atom stereocenters. The molecule has 2 N–H and O–H groups in total. The predicted octanol–water partition coefficient (Wildman–Crippen LogP) is 5.28. The van der Waals surface area contributed by atoms with Gasteiger partial charge in [-0.3, -0.25) is 9.52 Å². The molecule has 0 saturated heterocycles. The minimum atomic E-state index is -1.72. The van der Waals surface area contributed by atoms with Crippen molar-refractivity contribution < 1.29 is 23.3 Å². The number of nitrogens with one attached hydrogen (secondary N) is 2. The number of fused-ring (bicyclic) bond motifs is 4. The van der Waals surface area contributed by atoms with Gasteiger partial charge in [-0.2, -0.15) is 4.98 Å². The summed E-state index contributed by atoms with van der Waals surface area (Å²) in [5.41, 5.74) is 4.19. The molecule has 228 valence electrons. The van der Waals surface area contributed by atoms with Gasteiger partial charge in [0.2, 0.25) is 11.8 Å². The van der Waals surface area contributed by atoms with Crippen molar-refractivity contribution in [1.29, 1.82) is 0 Å². The van der Waals surface area contributed by atoms with Gasteiger partial charge in [0.15, 0.2) is 11.0 Å². The van der Waals surface area contributed by atoms with Gasteiger partial charge in [0, 0.05) is 29.8 Å². The van der Waals surface area contributed by atoms with Crippen LogP contribution >= 0.6 is 0 Å². The third-order valence-electron chi connectivity index (χ3n) is 8.04. The summed E-state index contributed by atoms with van der Waals surface area (Å²) in [6.07, 6.45) is 1.74. The number of aryl methyl sites for hydroxylation is 2. The van der Waals surface area contributed by atoms with Crippen LogP contribution in [-0.2, 0) is 15.7 Å². The summed E-state index contributed by atoms with van der Waals surface area (Å²) in [6.45, 7) is 9.03. The number of aromatic nitrogens is 2. The van der Waals surface area contributed by atoms with Crippen LogP contribution in [0, 0.1) is 25.7 Å². The molecule has 10 nitrogen and oxygen atoms in total. The second-order valence-electron chi connectivity index (χ2n) is 11.8. The first kappa shape index (κ1) is 30.5. The van der Waals surface area contributed by atoms with E-state index in [2.05, 4.69) is 28.9 Å². The van der Waals surface area contributed by atoms with Crippen LogP contribution in [0.1, 0.15) is 54.6 Å². The standard InChI is InChI=1S/C32H39N5O5S/c1-19(2)12-25-18-42-28-16-27(29-20(3)8-6-9-21(29)4)34-31(35-28)36-43(40)26-11-7-10-23(15-26)30(38)37(25)24-13-22(14-24)17-33-32(39)41-5/h6-11,15-16,19,22,24-25H,12-14,17-18H2,1-5H3,(H,33,39)(H,34,35,36)/t22?,24?,25-,43?/m1/s1. The van der Waals surface area contributed by atoms with E-state index in [0.717, 1.165) is 36.0 Å². The highest BCUT2D eigenvalue weighted by Crippen LogP contribution is 2.36. The fraction of sp³-hybridized carbons (Fsp3) is 0.438.